The molecule has 5 heteroatoms. The number of carbonyl (C=O) groups is 1. The van der Waals surface area contributed by atoms with Gasteiger partial charge in [-0.1, -0.05) is 20.3 Å². The molecule has 5 nitrogen and oxygen atoms in total. The van der Waals surface area contributed by atoms with Gasteiger partial charge in [0.25, 0.3) is 0 Å². The summed E-state index contributed by atoms with van der Waals surface area (Å²) in [5.41, 5.74) is -0.552. The maximum absolute atomic E-state index is 11.0. The highest BCUT2D eigenvalue weighted by Gasteiger charge is 2.22. The lowest BCUT2D eigenvalue weighted by Gasteiger charge is -2.21. The van der Waals surface area contributed by atoms with E-state index in [1.807, 2.05) is 13.8 Å². The zero-order chi connectivity index (χ0) is 11.7. The fraction of sp³-hybridized carbons (Fsp3) is 0.900. The standard InChI is InChI=1S/C10H20O5/c1-5-7-8-12-15-14-9(11)13-10(3,4)6-2/h5-8H2,1-4H3. The second-order valence-electron chi connectivity index (χ2n) is 3.79. The van der Waals surface area contributed by atoms with Crippen LogP contribution in [0, 0.1) is 0 Å². The first kappa shape index (κ1) is 14.2. The first-order chi connectivity index (χ1) is 7.02. The van der Waals surface area contributed by atoms with E-state index in [0.29, 0.717) is 13.0 Å². The van der Waals surface area contributed by atoms with E-state index >= 15 is 0 Å². The van der Waals surface area contributed by atoms with E-state index < -0.39 is 11.8 Å². The van der Waals surface area contributed by atoms with E-state index in [-0.39, 0.29) is 0 Å². The Morgan fingerprint density at radius 2 is 1.93 bits per heavy atom. The van der Waals surface area contributed by atoms with Gasteiger partial charge < -0.3 is 4.74 Å². The lowest BCUT2D eigenvalue weighted by molar-refractivity contribution is -0.487. The van der Waals surface area contributed by atoms with Gasteiger partial charge in [-0.25, -0.2) is 9.68 Å². The predicted octanol–water partition coefficient (Wildman–Crippen LogP) is 2.99. The van der Waals surface area contributed by atoms with E-state index in [1.54, 1.807) is 13.8 Å². The largest absolute Gasteiger partial charge is 0.543 e. The molecule has 0 atom stereocenters. The number of unbranched alkanes of at least 4 members (excludes halogenated alkanes) is 1. The highest BCUT2D eigenvalue weighted by molar-refractivity contribution is 5.59. The molecule has 0 aliphatic rings. The van der Waals surface area contributed by atoms with E-state index in [4.69, 9.17) is 4.74 Å². The van der Waals surface area contributed by atoms with Crippen molar-refractivity contribution in [3.05, 3.63) is 0 Å². The molecule has 0 saturated carbocycles. The molecule has 0 amide bonds. The first-order valence-corrected chi connectivity index (χ1v) is 5.21. The zero-order valence-electron chi connectivity index (χ0n) is 9.87. The van der Waals surface area contributed by atoms with E-state index in [2.05, 4.69) is 14.8 Å². The molecule has 0 rings (SSSR count). The van der Waals surface area contributed by atoms with Gasteiger partial charge in [0.2, 0.25) is 0 Å². The molecule has 0 unspecified atom stereocenters. The van der Waals surface area contributed by atoms with Gasteiger partial charge in [-0.15, -0.1) is 0 Å². The van der Waals surface area contributed by atoms with Crippen LogP contribution in [-0.4, -0.2) is 18.4 Å². The highest BCUT2D eigenvalue weighted by atomic mass is 17.5. The van der Waals surface area contributed by atoms with Gasteiger partial charge >= 0.3 is 6.16 Å². The Kier molecular flexibility index (Phi) is 7.07. The van der Waals surface area contributed by atoms with E-state index in [0.717, 1.165) is 12.8 Å². The van der Waals surface area contributed by atoms with E-state index in [9.17, 15) is 4.79 Å². The quantitative estimate of drug-likeness (QED) is 0.286. The summed E-state index contributed by atoms with van der Waals surface area (Å²) in [5, 5.41) is 4.21. The Labute approximate surface area is 90.5 Å². The minimum atomic E-state index is -0.890. The normalized spacial score (nSPS) is 11.2. The van der Waals surface area contributed by atoms with Crippen molar-refractivity contribution in [2.75, 3.05) is 6.61 Å². The van der Waals surface area contributed by atoms with Crippen molar-refractivity contribution < 1.29 is 24.3 Å². The van der Waals surface area contributed by atoms with Crippen LogP contribution in [0.15, 0.2) is 0 Å². The molecule has 0 aromatic rings. The summed E-state index contributed by atoms with van der Waals surface area (Å²) < 4.78 is 4.93. The molecule has 0 aromatic heterocycles. The van der Waals surface area contributed by atoms with Crippen LogP contribution in [0.4, 0.5) is 4.79 Å². The fourth-order valence-electron chi connectivity index (χ4n) is 0.604. The maximum Gasteiger partial charge on any atom is 0.543 e. The molecule has 0 N–H and O–H groups in total. The molecule has 0 aliphatic carbocycles. The van der Waals surface area contributed by atoms with Crippen LogP contribution in [0.1, 0.15) is 47.0 Å². The van der Waals surface area contributed by atoms with Gasteiger partial charge in [-0.05, 0) is 31.7 Å². The molecule has 0 spiro atoms. The average Bonchev–Trinajstić information content (AvgIpc) is 2.17. The van der Waals surface area contributed by atoms with Crippen LogP contribution < -0.4 is 0 Å². The summed E-state index contributed by atoms with van der Waals surface area (Å²) in [6.07, 6.45) is 1.63. The van der Waals surface area contributed by atoms with Crippen LogP contribution in [0.5, 0.6) is 0 Å². The van der Waals surface area contributed by atoms with Crippen molar-refractivity contribution in [1.82, 2.24) is 0 Å². The molecule has 0 heterocycles. The van der Waals surface area contributed by atoms with Gasteiger partial charge in [0.1, 0.15) is 5.60 Å². The van der Waals surface area contributed by atoms with Crippen LogP contribution in [-0.2, 0) is 19.6 Å². The third-order valence-electron chi connectivity index (χ3n) is 1.94. The summed E-state index contributed by atoms with van der Waals surface area (Å²) in [6.45, 7) is 7.88. The number of hydrogen-bond acceptors (Lipinski definition) is 5. The Bertz CT molecular complexity index is 179. The lowest BCUT2D eigenvalue weighted by atomic mass is 10.1. The summed E-state index contributed by atoms with van der Waals surface area (Å²) in [7, 11) is 0. The molecular formula is C10H20O5. The molecule has 0 saturated heterocycles. The second-order valence-corrected chi connectivity index (χ2v) is 3.79. The summed E-state index contributed by atoms with van der Waals surface area (Å²) in [5.74, 6) is 0. The smallest absolute Gasteiger partial charge is 0.426 e. The maximum atomic E-state index is 11.0. The lowest BCUT2D eigenvalue weighted by Crippen LogP contribution is -2.27. The molecule has 0 bridgehead atoms. The minimum Gasteiger partial charge on any atom is -0.426 e. The molecule has 90 valence electrons. The van der Waals surface area contributed by atoms with Crippen molar-refractivity contribution >= 4 is 6.16 Å². The number of carbonyl (C=O) groups excluding carboxylic acids is 1. The molecule has 0 aromatic carbocycles. The zero-order valence-corrected chi connectivity index (χ0v) is 9.87. The third-order valence-corrected chi connectivity index (χ3v) is 1.94. The van der Waals surface area contributed by atoms with Crippen LogP contribution in [0.3, 0.4) is 0 Å². The van der Waals surface area contributed by atoms with Gasteiger partial charge in [-0.3, -0.25) is 0 Å². The van der Waals surface area contributed by atoms with Crippen molar-refractivity contribution in [1.29, 1.82) is 0 Å². The van der Waals surface area contributed by atoms with Gasteiger partial charge in [0.15, 0.2) is 0 Å². The van der Waals surface area contributed by atoms with Crippen molar-refractivity contribution in [3.63, 3.8) is 0 Å². The summed E-state index contributed by atoms with van der Waals surface area (Å²) >= 11 is 0. The topological polar surface area (TPSA) is 54.0 Å². The SMILES string of the molecule is CCCCOOOC(=O)OC(C)(C)CC. The average molecular weight is 220 g/mol. The number of ether oxygens (including phenoxy) is 1. The summed E-state index contributed by atoms with van der Waals surface area (Å²) in [4.78, 5) is 19.8. The predicted molar refractivity (Wildman–Crippen MR) is 53.9 cm³/mol. The van der Waals surface area contributed by atoms with Crippen molar-refractivity contribution in [3.8, 4) is 0 Å². The molecule has 15 heavy (non-hydrogen) atoms. The van der Waals surface area contributed by atoms with Crippen LogP contribution in [0.25, 0.3) is 0 Å². The number of rotatable bonds is 7. The fourth-order valence-corrected chi connectivity index (χ4v) is 0.604. The Morgan fingerprint density at radius 1 is 1.27 bits per heavy atom. The Morgan fingerprint density at radius 3 is 2.47 bits per heavy atom. The van der Waals surface area contributed by atoms with Crippen molar-refractivity contribution in [2.45, 2.75) is 52.6 Å². The van der Waals surface area contributed by atoms with Gasteiger partial charge in [0.05, 0.1) is 6.61 Å². The van der Waals surface area contributed by atoms with Gasteiger partial charge in [0, 0.05) is 0 Å². The molecule has 0 radical (unpaired) electrons. The Balaban J connectivity index is 3.49. The van der Waals surface area contributed by atoms with Crippen LogP contribution >= 0.6 is 0 Å². The third kappa shape index (κ3) is 8.20. The molecule has 0 fully saturated rings. The molecule has 0 aliphatic heterocycles. The Hall–Kier alpha value is -0.810. The monoisotopic (exact) mass is 220 g/mol. The second kappa shape index (κ2) is 7.48. The first-order valence-electron chi connectivity index (χ1n) is 5.21. The van der Waals surface area contributed by atoms with Crippen LogP contribution in [0.2, 0.25) is 0 Å². The molecular weight excluding hydrogens is 200 g/mol. The summed E-state index contributed by atoms with van der Waals surface area (Å²) in [6, 6.07) is 0. The minimum absolute atomic E-state index is 0.390. The number of hydrogen-bond donors (Lipinski definition) is 0. The van der Waals surface area contributed by atoms with Gasteiger partial charge in [-0.2, -0.15) is 4.89 Å². The van der Waals surface area contributed by atoms with Crippen molar-refractivity contribution in [2.24, 2.45) is 0 Å². The van der Waals surface area contributed by atoms with E-state index in [1.165, 1.54) is 0 Å². The highest BCUT2D eigenvalue weighted by Crippen LogP contribution is 2.14.